The summed E-state index contributed by atoms with van der Waals surface area (Å²) in [6.45, 7) is 11.3. The van der Waals surface area contributed by atoms with Crippen LogP contribution in [0.1, 0.15) is 49.8 Å². The summed E-state index contributed by atoms with van der Waals surface area (Å²) in [6.07, 6.45) is 3.70. The van der Waals surface area contributed by atoms with Gasteiger partial charge < -0.3 is 9.80 Å². The van der Waals surface area contributed by atoms with Crippen molar-refractivity contribution in [2.45, 2.75) is 53.0 Å². The predicted octanol–water partition coefficient (Wildman–Crippen LogP) is 3.52. The normalized spacial score (nSPS) is 18.0. The summed E-state index contributed by atoms with van der Waals surface area (Å²) in [4.78, 5) is 12.8. The van der Waals surface area contributed by atoms with E-state index in [0.29, 0.717) is 5.56 Å². The molecule has 0 spiro atoms. The third kappa shape index (κ3) is 3.56. The topological polar surface area (TPSA) is 52.9 Å². The number of quaternary nitrogens is 1. The highest BCUT2D eigenvalue weighted by Gasteiger charge is 2.38. The summed E-state index contributed by atoms with van der Waals surface area (Å²) >= 11 is 0. The van der Waals surface area contributed by atoms with E-state index in [2.05, 4.69) is 25.2 Å². The molecule has 1 unspecified atom stereocenters. The molecule has 0 bridgehead atoms. The zero-order valence-corrected chi connectivity index (χ0v) is 14.8. The smallest absolute Gasteiger partial charge is 0.282 e. The molecule has 1 aliphatic heterocycles. The maximum Gasteiger partial charge on any atom is 0.282 e. The zero-order valence-electron chi connectivity index (χ0n) is 14.8. The monoisotopic (exact) mass is 314 g/mol. The Kier molecular flexibility index (Phi) is 5.43. The van der Waals surface area contributed by atoms with Gasteiger partial charge in [0.05, 0.1) is 31.3 Å². The SMILES string of the molecule is CC[N+]1(C(C)C(=O)Nc2c(C)cc(C#N)cc2C)CCCCC1. The van der Waals surface area contributed by atoms with Crippen molar-refractivity contribution in [2.24, 2.45) is 0 Å². The van der Waals surface area contributed by atoms with Crippen LogP contribution in [0.2, 0.25) is 0 Å². The van der Waals surface area contributed by atoms with Crippen molar-refractivity contribution in [3.8, 4) is 6.07 Å². The lowest BCUT2D eigenvalue weighted by Gasteiger charge is -2.44. The standard InChI is InChI=1S/C19H27N3O/c1-5-22(9-7-6-8-10-22)16(4)19(23)21-18-14(2)11-17(13-20)12-15(18)3/h11-12,16H,5-10H2,1-4H3/p+1. The van der Waals surface area contributed by atoms with Gasteiger partial charge in [-0.2, -0.15) is 5.26 Å². The van der Waals surface area contributed by atoms with E-state index in [9.17, 15) is 4.79 Å². The molecule has 1 heterocycles. The van der Waals surface area contributed by atoms with Crippen molar-refractivity contribution in [1.82, 2.24) is 0 Å². The van der Waals surface area contributed by atoms with Crippen LogP contribution in [-0.4, -0.2) is 36.1 Å². The number of nitrogens with zero attached hydrogens (tertiary/aromatic N) is 2. The highest BCUT2D eigenvalue weighted by atomic mass is 16.2. The second-order valence-electron chi connectivity index (χ2n) is 6.80. The van der Waals surface area contributed by atoms with E-state index in [1.54, 1.807) is 0 Å². The van der Waals surface area contributed by atoms with Gasteiger partial charge in [-0.15, -0.1) is 0 Å². The lowest BCUT2D eigenvalue weighted by atomic mass is 10.0. The lowest BCUT2D eigenvalue weighted by molar-refractivity contribution is -0.943. The summed E-state index contributed by atoms with van der Waals surface area (Å²) < 4.78 is 0.889. The number of likely N-dealkylation sites (tertiary alicyclic amines) is 1. The molecule has 124 valence electrons. The van der Waals surface area contributed by atoms with E-state index in [1.807, 2.05) is 26.0 Å². The van der Waals surface area contributed by atoms with Gasteiger partial charge >= 0.3 is 0 Å². The molecule has 2 rings (SSSR count). The van der Waals surface area contributed by atoms with Crippen LogP contribution in [0.15, 0.2) is 12.1 Å². The van der Waals surface area contributed by atoms with Crippen LogP contribution in [0.3, 0.4) is 0 Å². The van der Waals surface area contributed by atoms with E-state index < -0.39 is 0 Å². The van der Waals surface area contributed by atoms with Gasteiger partial charge in [-0.1, -0.05) is 0 Å². The van der Waals surface area contributed by atoms with Crippen molar-refractivity contribution in [1.29, 1.82) is 5.26 Å². The highest BCUT2D eigenvalue weighted by Crippen LogP contribution is 2.26. The van der Waals surface area contributed by atoms with Crippen molar-refractivity contribution in [2.75, 3.05) is 25.0 Å². The molecule has 0 radical (unpaired) electrons. The molecule has 1 aromatic rings. The number of likely N-dealkylation sites (N-methyl/N-ethyl adjacent to an activating group) is 1. The van der Waals surface area contributed by atoms with E-state index in [0.717, 1.165) is 40.9 Å². The Bertz CT molecular complexity index is 601. The van der Waals surface area contributed by atoms with E-state index in [1.165, 1.54) is 19.3 Å². The average molecular weight is 314 g/mol. The summed E-state index contributed by atoms with van der Waals surface area (Å²) in [5.74, 6) is 0.0876. The summed E-state index contributed by atoms with van der Waals surface area (Å²) in [7, 11) is 0. The highest BCUT2D eigenvalue weighted by molar-refractivity contribution is 5.95. The molecule has 1 aliphatic rings. The molecule has 1 saturated heterocycles. The number of nitriles is 1. The number of anilines is 1. The Morgan fingerprint density at radius 1 is 1.26 bits per heavy atom. The number of piperidine rings is 1. The van der Waals surface area contributed by atoms with Gasteiger partial charge in [-0.25, -0.2) is 0 Å². The van der Waals surface area contributed by atoms with Crippen LogP contribution in [0.5, 0.6) is 0 Å². The Morgan fingerprint density at radius 2 is 1.83 bits per heavy atom. The predicted molar refractivity (Wildman–Crippen MR) is 93.1 cm³/mol. The number of hydrogen-bond donors (Lipinski definition) is 1. The molecule has 4 nitrogen and oxygen atoms in total. The number of aryl methyl sites for hydroxylation is 2. The average Bonchev–Trinajstić information content (AvgIpc) is 2.57. The second kappa shape index (κ2) is 7.14. The van der Waals surface area contributed by atoms with Gasteiger partial charge in [0, 0.05) is 5.69 Å². The molecule has 4 heteroatoms. The molecule has 1 atom stereocenters. The lowest BCUT2D eigenvalue weighted by Crippen LogP contribution is -2.60. The van der Waals surface area contributed by atoms with Crippen LogP contribution in [0, 0.1) is 25.2 Å². The van der Waals surface area contributed by atoms with E-state index in [4.69, 9.17) is 5.26 Å². The van der Waals surface area contributed by atoms with Gasteiger partial charge in [-0.05, 0) is 70.2 Å². The minimum absolute atomic E-state index is 0.0465. The van der Waals surface area contributed by atoms with Crippen molar-refractivity contribution in [3.63, 3.8) is 0 Å². The first kappa shape index (κ1) is 17.5. The fourth-order valence-electron chi connectivity index (χ4n) is 3.82. The fourth-order valence-corrected chi connectivity index (χ4v) is 3.82. The Labute approximate surface area is 139 Å². The quantitative estimate of drug-likeness (QED) is 0.865. The van der Waals surface area contributed by atoms with Crippen LogP contribution in [0.25, 0.3) is 0 Å². The zero-order chi connectivity index (χ0) is 17.0. The van der Waals surface area contributed by atoms with Crippen molar-refractivity contribution < 1.29 is 9.28 Å². The minimum atomic E-state index is -0.0465. The number of hydrogen-bond acceptors (Lipinski definition) is 2. The molecule has 1 fully saturated rings. The summed E-state index contributed by atoms with van der Waals surface area (Å²) in [6, 6.07) is 5.78. The molecule has 23 heavy (non-hydrogen) atoms. The van der Waals surface area contributed by atoms with Gasteiger partial charge in [0.25, 0.3) is 5.91 Å². The Hall–Kier alpha value is -1.86. The second-order valence-corrected chi connectivity index (χ2v) is 6.80. The van der Waals surface area contributed by atoms with Crippen molar-refractivity contribution in [3.05, 3.63) is 28.8 Å². The molecular formula is C19H28N3O+. The van der Waals surface area contributed by atoms with Gasteiger partial charge in [-0.3, -0.25) is 4.79 Å². The van der Waals surface area contributed by atoms with Gasteiger partial charge in [0.15, 0.2) is 6.04 Å². The molecule has 0 saturated carbocycles. The van der Waals surface area contributed by atoms with Gasteiger partial charge in [0.1, 0.15) is 0 Å². The first-order chi connectivity index (χ1) is 10.9. The van der Waals surface area contributed by atoms with Crippen LogP contribution >= 0.6 is 0 Å². The summed E-state index contributed by atoms with van der Waals surface area (Å²) in [5, 5.41) is 12.2. The Balaban J connectivity index is 2.20. The third-order valence-electron chi connectivity index (χ3n) is 5.45. The molecular weight excluding hydrogens is 286 g/mol. The fraction of sp³-hybridized carbons (Fsp3) is 0.579. The van der Waals surface area contributed by atoms with Crippen molar-refractivity contribution >= 4 is 11.6 Å². The van der Waals surface area contributed by atoms with E-state index >= 15 is 0 Å². The first-order valence-corrected chi connectivity index (χ1v) is 8.61. The maximum absolute atomic E-state index is 12.8. The Morgan fingerprint density at radius 3 is 2.30 bits per heavy atom. The summed E-state index contributed by atoms with van der Waals surface area (Å²) in [5.41, 5.74) is 3.39. The molecule has 1 aromatic carbocycles. The van der Waals surface area contributed by atoms with E-state index in [-0.39, 0.29) is 11.9 Å². The largest absolute Gasteiger partial charge is 0.320 e. The number of nitrogens with one attached hydrogen (secondary N) is 1. The molecule has 1 N–H and O–H groups in total. The molecule has 1 amide bonds. The minimum Gasteiger partial charge on any atom is -0.320 e. The number of rotatable bonds is 4. The third-order valence-corrected chi connectivity index (χ3v) is 5.45. The first-order valence-electron chi connectivity index (χ1n) is 8.61. The van der Waals surface area contributed by atoms with Crippen LogP contribution in [0.4, 0.5) is 5.69 Å². The number of carbonyl (C=O) groups excluding carboxylic acids is 1. The number of benzene rings is 1. The number of amides is 1. The molecule has 0 aromatic heterocycles. The maximum atomic E-state index is 12.8. The van der Waals surface area contributed by atoms with Crippen LogP contribution in [-0.2, 0) is 4.79 Å². The molecule has 0 aliphatic carbocycles. The van der Waals surface area contributed by atoms with Gasteiger partial charge in [0.2, 0.25) is 0 Å². The number of carbonyl (C=O) groups is 1. The van der Waals surface area contributed by atoms with Crippen LogP contribution < -0.4 is 5.32 Å².